The molecule has 1 aliphatic heterocycles. The third kappa shape index (κ3) is 3.59. The molecule has 0 spiro atoms. The van der Waals surface area contributed by atoms with Gasteiger partial charge in [-0.3, -0.25) is 4.79 Å². The number of amides is 1. The molecule has 0 radical (unpaired) electrons. The largest absolute Gasteiger partial charge is 0.463 e. The molecule has 19 heavy (non-hydrogen) atoms. The van der Waals surface area contributed by atoms with Gasteiger partial charge in [0.1, 0.15) is 6.61 Å². The lowest BCUT2D eigenvalue weighted by Crippen LogP contribution is -2.49. The van der Waals surface area contributed by atoms with Gasteiger partial charge >= 0.3 is 12.1 Å². The molecular formula is C13H24N2O4. The molecule has 0 aromatic heterocycles. The van der Waals surface area contributed by atoms with Crippen LogP contribution in [0.4, 0.5) is 4.79 Å². The Labute approximate surface area is 114 Å². The highest BCUT2D eigenvalue weighted by Crippen LogP contribution is 2.39. The maximum Gasteiger partial charge on any atom is 0.426 e. The molecule has 6 nitrogen and oxygen atoms in total. The fourth-order valence-electron chi connectivity index (χ4n) is 2.69. The third-order valence-corrected chi connectivity index (χ3v) is 3.40. The first-order chi connectivity index (χ1) is 8.96. The van der Waals surface area contributed by atoms with Crippen molar-refractivity contribution >= 4 is 12.1 Å². The lowest BCUT2D eigenvalue weighted by molar-refractivity contribution is -0.147. The summed E-state index contributed by atoms with van der Waals surface area (Å²) in [5.74, 6) is -0.202. The zero-order valence-electron chi connectivity index (χ0n) is 12.2. The van der Waals surface area contributed by atoms with E-state index < -0.39 is 11.5 Å². The molecule has 1 atom stereocenters. The zero-order valence-corrected chi connectivity index (χ0v) is 12.2. The number of carbonyl (C=O) groups is 2. The van der Waals surface area contributed by atoms with Crippen molar-refractivity contribution < 1.29 is 19.2 Å². The Balaban J connectivity index is 2.79. The fraction of sp³-hybridized carbons (Fsp3) is 0.846. The lowest BCUT2D eigenvalue weighted by atomic mass is 9.75. The Morgan fingerprint density at radius 2 is 2.00 bits per heavy atom. The predicted octanol–water partition coefficient (Wildman–Crippen LogP) is 1.70. The Morgan fingerprint density at radius 1 is 1.42 bits per heavy atom. The van der Waals surface area contributed by atoms with Crippen LogP contribution in [0.3, 0.4) is 0 Å². The predicted molar refractivity (Wildman–Crippen MR) is 70.3 cm³/mol. The van der Waals surface area contributed by atoms with Crippen LogP contribution in [0.2, 0.25) is 0 Å². The number of rotatable bonds is 6. The smallest absolute Gasteiger partial charge is 0.426 e. The van der Waals surface area contributed by atoms with E-state index in [4.69, 9.17) is 9.57 Å². The van der Waals surface area contributed by atoms with Gasteiger partial charge < -0.3 is 14.9 Å². The molecule has 1 N–H and O–H groups in total. The number of nitrogens with zero attached hydrogens (tertiary/aromatic N) is 1. The van der Waals surface area contributed by atoms with Gasteiger partial charge in [-0.15, -0.1) is 5.06 Å². The second-order valence-electron chi connectivity index (χ2n) is 5.14. The second-order valence-corrected chi connectivity index (χ2v) is 5.14. The van der Waals surface area contributed by atoms with Crippen LogP contribution in [0.25, 0.3) is 0 Å². The summed E-state index contributed by atoms with van der Waals surface area (Å²) in [6.07, 6.45) is 2.62. The molecule has 0 bridgehead atoms. The number of carbonyl (C=O) groups excluding carboxylic acids is 2. The standard InChI is InChI=1S/C13H24N2O4/c1-5-7-13(8-6-2)10(9-18-11(13)16)14-12(17)19-15(3)4/h10H,5-9H2,1-4H3,(H,14,17)/t10-/m0/s1. The summed E-state index contributed by atoms with van der Waals surface area (Å²) in [5.41, 5.74) is -0.602. The van der Waals surface area contributed by atoms with Crippen molar-refractivity contribution in [2.75, 3.05) is 20.7 Å². The summed E-state index contributed by atoms with van der Waals surface area (Å²) in [5, 5.41) is 4.07. The van der Waals surface area contributed by atoms with Gasteiger partial charge in [0.2, 0.25) is 0 Å². The van der Waals surface area contributed by atoms with Crippen LogP contribution in [0.1, 0.15) is 39.5 Å². The lowest BCUT2D eigenvalue weighted by Gasteiger charge is -2.30. The molecule has 6 heteroatoms. The summed E-state index contributed by atoms with van der Waals surface area (Å²) in [4.78, 5) is 28.6. The first-order valence-electron chi connectivity index (χ1n) is 6.79. The minimum absolute atomic E-state index is 0.202. The third-order valence-electron chi connectivity index (χ3n) is 3.40. The zero-order chi connectivity index (χ0) is 14.5. The minimum Gasteiger partial charge on any atom is -0.463 e. The van der Waals surface area contributed by atoms with Gasteiger partial charge in [0.25, 0.3) is 0 Å². The molecule has 110 valence electrons. The van der Waals surface area contributed by atoms with Crippen LogP contribution in [0.5, 0.6) is 0 Å². The van der Waals surface area contributed by atoms with E-state index in [2.05, 4.69) is 5.32 Å². The van der Waals surface area contributed by atoms with Gasteiger partial charge in [0.05, 0.1) is 11.5 Å². The van der Waals surface area contributed by atoms with Crippen molar-refractivity contribution in [1.82, 2.24) is 10.4 Å². The minimum atomic E-state index is -0.602. The van der Waals surface area contributed by atoms with E-state index in [9.17, 15) is 9.59 Å². The molecule has 0 aromatic rings. The topological polar surface area (TPSA) is 67.9 Å². The monoisotopic (exact) mass is 272 g/mol. The quantitative estimate of drug-likeness (QED) is 0.589. The molecule has 1 fully saturated rings. The number of hydroxylamine groups is 2. The Bertz CT molecular complexity index is 325. The van der Waals surface area contributed by atoms with Crippen molar-refractivity contribution in [3.8, 4) is 0 Å². The fourth-order valence-corrected chi connectivity index (χ4v) is 2.69. The molecule has 1 rings (SSSR count). The average Bonchev–Trinajstić information content (AvgIpc) is 2.58. The first kappa shape index (κ1) is 15.8. The van der Waals surface area contributed by atoms with Crippen molar-refractivity contribution in [1.29, 1.82) is 0 Å². The molecule has 1 heterocycles. The molecule has 0 aliphatic carbocycles. The normalized spacial score (nSPS) is 21.3. The van der Waals surface area contributed by atoms with E-state index in [0.29, 0.717) is 12.8 Å². The number of hydrogen-bond donors (Lipinski definition) is 1. The number of cyclic esters (lactones) is 1. The number of nitrogens with one attached hydrogen (secondary N) is 1. The molecular weight excluding hydrogens is 248 g/mol. The van der Waals surface area contributed by atoms with Crippen LogP contribution in [0.15, 0.2) is 0 Å². The highest BCUT2D eigenvalue weighted by molar-refractivity contribution is 5.81. The van der Waals surface area contributed by atoms with Gasteiger partial charge in [0.15, 0.2) is 0 Å². The molecule has 0 saturated carbocycles. The van der Waals surface area contributed by atoms with Crippen molar-refractivity contribution in [2.24, 2.45) is 5.41 Å². The Kier molecular flexibility index (Phi) is 5.60. The van der Waals surface area contributed by atoms with Crippen molar-refractivity contribution in [2.45, 2.75) is 45.6 Å². The Hall–Kier alpha value is -1.30. The summed E-state index contributed by atoms with van der Waals surface area (Å²) in [7, 11) is 3.25. The van der Waals surface area contributed by atoms with E-state index in [1.54, 1.807) is 14.1 Å². The highest BCUT2D eigenvalue weighted by Gasteiger charge is 2.51. The summed E-state index contributed by atoms with van der Waals surface area (Å²) in [6.45, 7) is 4.28. The van der Waals surface area contributed by atoms with E-state index in [1.807, 2.05) is 13.8 Å². The van der Waals surface area contributed by atoms with Crippen LogP contribution in [0, 0.1) is 5.41 Å². The van der Waals surface area contributed by atoms with Crippen molar-refractivity contribution in [3.05, 3.63) is 0 Å². The van der Waals surface area contributed by atoms with E-state index >= 15 is 0 Å². The van der Waals surface area contributed by atoms with Crippen LogP contribution >= 0.6 is 0 Å². The molecule has 1 amide bonds. The van der Waals surface area contributed by atoms with Crippen LogP contribution in [-0.2, 0) is 14.4 Å². The van der Waals surface area contributed by atoms with Crippen LogP contribution in [-0.4, -0.2) is 43.9 Å². The summed E-state index contributed by atoms with van der Waals surface area (Å²) >= 11 is 0. The first-order valence-corrected chi connectivity index (χ1v) is 6.79. The average molecular weight is 272 g/mol. The van der Waals surface area contributed by atoms with Gasteiger partial charge in [-0.1, -0.05) is 26.7 Å². The van der Waals surface area contributed by atoms with Gasteiger partial charge in [-0.2, -0.15) is 0 Å². The number of esters is 1. The summed E-state index contributed by atoms with van der Waals surface area (Å²) < 4.78 is 5.17. The van der Waals surface area contributed by atoms with Crippen molar-refractivity contribution in [3.63, 3.8) is 0 Å². The van der Waals surface area contributed by atoms with E-state index in [1.165, 1.54) is 5.06 Å². The van der Waals surface area contributed by atoms with Gasteiger partial charge in [0, 0.05) is 14.1 Å². The SMILES string of the molecule is CCCC1(CCC)C(=O)OC[C@@H]1NC(=O)ON(C)C. The van der Waals surface area contributed by atoms with E-state index in [0.717, 1.165) is 12.8 Å². The van der Waals surface area contributed by atoms with Gasteiger partial charge in [-0.05, 0) is 12.8 Å². The molecule has 1 aliphatic rings. The van der Waals surface area contributed by atoms with Gasteiger partial charge in [-0.25, -0.2) is 4.79 Å². The number of hydrogen-bond acceptors (Lipinski definition) is 5. The Morgan fingerprint density at radius 3 is 2.47 bits per heavy atom. The second kappa shape index (κ2) is 6.75. The molecule has 0 aromatic carbocycles. The molecule has 1 saturated heterocycles. The maximum absolute atomic E-state index is 12.1. The highest BCUT2D eigenvalue weighted by atomic mass is 16.7. The maximum atomic E-state index is 12.1. The van der Waals surface area contributed by atoms with E-state index in [-0.39, 0.29) is 18.6 Å². The van der Waals surface area contributed by atoms with Crippen LogP contribution < -0.4 is 5.32 Å². The molecule has 0 unspecified atom stereocenters. The number of ether oxygens (including phenoxy) is 1. The summed E-state index contributed by atoms with van der Waals surface area (Å²) in [6, 6.07) is -0.313.